The van der Waals surface area contributed by atoms with Crippen molar-refractivity contribution in [2.24, 2.45) is 0 Å². The van der Waals surface area contributed by atoms with Crippen molar-refractivity contribution in [2.75, 3.05) is 19.8 Å². The zero-order valence-corrected chi connectivity index (χ0v) is 26.3. The van der Waals surface area contributed by atoms with Crippen LogP contribution in [0.3, 0.4) is 0 Å². The lowest BCUT2D eigenvalue weighted by Crippen LogP contribution is -2.57. The number of rotatable bonds is 9. The lowest BCUT2D eigenvalue weighted by molar-refractivity contribution is -0.307. The minimum Gasteiger partial charge on any atom is -0.508 e. The van der Waals surface area contributed by atoms with Gasteiger partial charge < -0.3 is 79.5 Å². The van der Waals surface area contributed by atoms with E-state index in [1.54, 1.807) is 0 Å². The maximum Gasteiger partial charge on any atom is 0.330 e. The Bertz CT molecular complexity index is 1830. The van der Waals surface area contributed by atoms with Crippen LogP contribution in [0.5, 0.6) is 23.0 Å². The molecule has 17 heteroatoms. The van der Waals surface area contributed by atoms with Crippen molar-refractivity contribution < 1.29 is 84.3 Å². The molecule has 0 saturated carbocycles. The van der Waals surface area contributed by atoms with E-state index in [-0.39, 0.29) is 39.9 Å². The molecule has 0 amide bonds. The molecule has 2 saturated heterocycles. The molecule has 3 heterocycles. The van der Waals surface area contributed by atoms with Crippen molar-refractivity contribution >= 4 is 17.8 Å². The molecule has 0 aromatic heterocycles. The van der Waals surface area contributed by atoms with Gasteiger partial charge in [0, 0.05) is 29.4 Å². The van der Waals surface area contributed by atoms with Crippen LogP contribution in [0, 0.1) is 0 Å². The monoisotopic (exact) mass is 714 g/mol. The van der Waals surface area contributed by atoms with Crippen LogP contribution in [0.1, 0.15) is 11.1 Å². The quantitative estimate of drug-likeness (QED) is 0.0966. The average molecular weight is 715 g/mol. The van der Waals surface area contributed by atoms with E-state index >= 15 is 0 Å². The predicted molar refractivity (Wildman–Crippen MR) is 169 cm³/mol. The Kier molecular flexibility index (Phi) is 9.87. The van der Waals surface area contributed by atoms with Crippen LogP contribution in [-0.4, -0.2) is 126 Å². The molecule has 8 atom stereocenters. The molecule has 0 radical (unpaired) electrons. The summed E-state index contributed by atoms with van der Waals surface area (Å²) in [6.07, 6.45) is -4.96. The summed E-state index contributed by atoms with van der Waals surface area (Å²) in [5.41, 5.74) is -1.50. The number of ether oxygens (including phenoxy) is 6. The number of phenolic OH excluding ortho intramolecular Hbond substituents is 4. The third kappa shape index (κ3) is 7.45. The molecular formula is C34H34O17. The second kappa shape index (κ2) is 14.2. The number of allylic oxidation sites excluding steroid dienone is 2. The van der Waals surface area contributed by atoms with E-state index in [4.69, 9.17) is 28.4 Å². The van der Waals surface area contributed by atoms with Crippen LogP contribution in [0.25, 0.3) is 11.8 Å². The zero-order valence-electron chi connectivity index (χ0n) is 26.3. The molecule has 17 nitrogen and oxygen atoms in total. The van der Waals surface area contributed by atoms with Crippen LogP contribution in [0.2, 0.25) is 0 Å². The first-order valence-electron chi connectivity index (χ1n) is 15.4. The number of hydrogen-bond donors (Lipinski definition) is 10. The normalized spacial score (nSPS) is 30.6. The fourth-order valence-corrected chi connectivity index (χ4v) is 5.51. The molecule has 3 aliphatic heterocycles. The molecule has 0 spiro atoms. The van der Waals surface area contributed by atoms with Crippen LogP contribution in [0.4, 0.5) is 0 Å². The van der Waals surface area contributed by atoms with Crippen molar-refractivity contribution in [1.29, 1.82) is 0 Å². The molecule has 4 aliphatic rings. The summed E-state index contributed by atoms with van der Waals surface area (Å²) in [7, 11) is 0. The molecule has 2 aromatic rings. The van der Waals surface area contributed by atoms with Crippen molar-refractivity contribution in [3.8, 4) is 23.0 Å². The van der Waals surface area contributed by atoms with Gasteiger partial charge >= 0.3 is 5.97 Å². The van der Waals surface area contributed by atoms with Gasteiger partial charge in [0.2, 0.25) is 6.29 Å². The van der Waals surface area contributed by atoms with Gasteiger partial charge in [0.15, 0.2) is 52.5 Å². The number of fused-ring (bicyclic) bond motifs is 1. The number of aliphatic hydroxyl groups is 6. The fourth-order valence-electron chi connectivity index (χ4n) is 5.51. The third-order valence-corrected chi connectivity index (χ3v) is 8.35. The minimum atomic E-state index is -2.18. The van der Waals surface area contributed by atoms with Crippen LogP contribution in [-0.2, 0) is 33.2 Å². The highest BCUT2D eigenvalue weighted by Crippen LogP contribution is 2.40. The number of carbonyl (C=O) groups excluding carboxylic acids is 1. The fraction of sp³-hybridized carbons (Fsp3) is 0.324. The molecule has 1 aliphatic carbocycles. The van der Waals surface area contributed by atoms with Gasteiger partial charge in [0.05, 0.1) is 13.2 Å². The van der Waals surface area contributed by atoms with Crippen LogP contribution >= 0.6 is 0 Å². The summed E-state index contributed by atoms with van der Waals surface area (Å²) in [6, 6.07) is 7.56. The first-order valence-corrected chi connectivity index (χ1v) is 15.4. The van der Waals surface area contributed by atoms with E-state index in [1.807, 2.05) is 0 Å². The van der Waals surface area contributed by atoms with E-state index in [1.165, 1.54) is 48.6 Å². The summed E-state index contributed by atoms with van der Waals surface area (Å²) in [5, 5.41) is 103. The first-order chi connectivity index (χ1) is 24.2. The maximum atomic E-state index is 12.3. The van der Waals surface area contributed by atoms with E-state index in [9.17, 15) is 55.9 Å². The van der Waals surface area contributed by atoms with Gasteiger partial charge in [0.25, 0.3) is 0 Å². The Hall–Kier alpha value is -5.27. The smallest absolute Gasteiger partial charge is 0.330 e. The Morgan fingerprint density at radius 1 is 0.902 bits per heavy atom. The molecule has 2 aromatic carbocycles. The Labute approximate surface area is 288 Å². The Morgan fingerprint density at radius 2 is 1.63 bits per heavy atom. The molecule has 2 fully saturated rings. The van der Waals surface area contributed by atoms with Crippen molar-refractivity contribution in [2.45, 2.75) is 48.7 Å². The number of phenols is 4. The van der Waals surface area contributed by atoms with Crippen LogP contribution in [0.15, 0.2) is 83.6 Å². The largest absolute Gasteiger partial charge is 0.508 e. The number of aromatic hydroxyl groups is 4. The highest BCUT2D eigenvalue weighted by Gasteiger charge is 2.53. The second-order valence-electron chi connectivity index (χ2n) is 12.1. The minimum absolute atomic E-state index is 0.0645. The molecule has 8 unspecified atom stereocenters. The van der Waals surface area contributed by atoms with E-state index in [0.29, 0.717) is 5.56 Å². The molecule has 10 N–H and O–H groups in total. The van der Waals surface area contributed by atoms with E-state index in [0.717, 1.165) is 18.2 Å². The average Bonchev–Trinajstić information content (AvgIpc) is 3.37. The highest BCUT2D eigenvalue weighted by molar-refractivity contribution is 5.87. The maximum absolute atomic E-state index is 12.3. The molecule has 6 rings (SSSR count). The standard InChI is InChI=1S/C34H34O17/c35-17-9-21(38)18-11-26(29(49-25(18)10-17)16-3-5-20(37)23(40)8-16)50-32-30(28(43)24(41)12-46-32)51-33-31(44)34(45,14-48-33)13-47-27(42)6-2-15-1-4-19(36)22(39)7-15/h1-11,24-25,28,30-33,35-41,43-45H,12-14H2. The Balaban J connectivity index is 1.19. The highest BCUT2D eigenvalue weighted by atomic mass is 16.8. The molecule has 0 bridgehead atoms. The zero-order chi connectivity index (χ0) is 36.6. The van der Waals surface area contributed by atoms with Gasteiger partial charge in [-0.1, -0.05) is 6.07 Å². The predicted octanol–water partition coefficient (Wildman–Crippen LogP) is 0.585. The van der Waals surface area contributed by atoms with Gasteiger partial charge in [-0.05, 0) is 48.0 Å². The number of esters is 1. The summed E-state index contributed by atoms with van der Waals surface area (Å²) in [4.78, 5) is 12.3. The summed E-state index contributed by atoms with van der Waals surface area (Å²) in [6.45, 7) is -1.79. The van der Waals surface area contributed by atoms with Crippen LogP contribution < -0.4 is 0 Å². The summed E-state index contributed by atoms with van der Waals surface area (Å²) < 4.78 is 34.0. The van der Waals surface area contributed by atoms with Gasteiger partial charge in [-0.3, -0.25) is 0 Å². The van der Waals surface area contributed by atoms with E-state index < -0.39 is 91.7 Å². The topological polar surface area (TPSA) is 275 Å². The lowest BCUT2D eigenvalue weighted by atomic mass is 9.97. The first kappa shape index (κ1) is 35.6. The van der Waals surface area contributed by atoms with Crippen molar-refractivity contribution in [3.63, 3.8) is 0 Å². The number of benzene rings is 2. The SMILES string of the molecule is O=C(C=Cc1ccc(O)c(O)c1)OCC1(O)COC(OC2C(OC3=C(c4ccc(O)c(O)c4)OC4C=C(O)C=C(O)C4=C3)OCC(O)C2O)C1O. The summed E-state index contributed by atoms with van der Waals surface area (Å²) >= 11 is 0. The molecule has 51 heavy (non-hydrogen) atoms. The second-order valence-corrected chi connectivity index (χ2v) is 12.1. The van der Waals surface area contributed by atoms with E-state index in [2.05, 4.69) is 0 Å². The summed E-state index contributed by atoms with van der Waals surface area (Å²) in [5.74, 6) is -3.47. The third-order valence-electron chi connectivity index (χ3n) is 8.35. The number of aliphatic hydroxyl groups excluding tert-OH is 5. The van der Waals surface area contributed by atoms with Gasteiger partial charge in [0.1, 0.15) is 42.5 Å². The van der Waals surface area contributed by atoms with Gasteiger partial charge in [-0.25, -0.2) is 4.79 Å². The molecular weight excluding hydrogens is 680 g/mol. The number of hydrogen-bond acceptors (Lipinski definition) is 17. The van der Waals surface area contributed by atoms with Gasteiger partial charge in [-0.15, -0.1) is 0 Å². The van der Waals surface area contributed by atoms with Gasteiger partial charge in [-0.2, -0.15) is 0 Å². The molecule has 272 valence electrons. The van der Waals surface area contributed by atoms with Crippen molar-refractivity contribution in [1.82, 2.24) is 0 Å². The lowest BCUT2D eigenvalue weighted by Gasteiger charge is -2.40. The van der Waals surface area contributed by atoms with Crippen molar-refractivity contribution in [3.05, 3.63) is 94.7 Å². The number of carbonyl (C=O) groups is 1. The Morgan fingerprint density at radius 3 is 2.35 bits per heavy atom.